The minimum Gasteiger partial charge on any atom is -0.266 e. The van der Waals surface area contributed by atoms with Gasteiger partial charge in [-0.05, 0) is 12.3 Å². The fourth-order valence-corrected chi connectivity index (χ4v) is 2.36. The fourth-order valence-electron chi connectivity index (χ4n) is 1.46. The number of rotatable bonds is 2. The van der Waals surface area contributed by atoms with Crippen molar-refractivity contribution >= 4 is 21.6 Å². The van der Waals surface area contributed by atoms with Crippen LogP contribution in [0.4, 0.5) is 0 Å². The summed E-state index contributed by atoms with van der Waals surface area (Å²) in [5, 5.41) is 7.58. The van der Waals surface area contributed by atoms with Gasteiger partial charge in [0.05, 0.1) is 10.7 Å². The lowest BCUT2D eigenvalue weighted by Crippen LogP contribution is -2.10. The fraction of sp³-hybridized carbons (Fsp3) is 0.500. The number of aryl methyl sites for hydroxylation is 1. The number of aromatic amines is 1. The SMILES string of the molecule is CCc1nc2c(C(C)C)n[nH]c(=O)c2s1. The summed E-state index contributed by atoms with van der Waals surface area (Å²) < 4.78 is 0.700. The highest BCUT2D eigenvalue weighted by Gasteiger charge is 2.14. The molecule has 0 saturated carbocycles. The molecule has 5 heteroatoms. The molecular formula is C10H13N3OS. The lowest BCUT2D eigenvalue weighted by molar-refractivity contribution is 0.789. The highest BCUT2D eigenvalue weighted by atomic mass is 32.1. The first-order chi connectivity index (χ1) is 7.13. The Bertz CT molecular complexity index is 541. The Morgan fingerprint density at radius 3 is 2.80 bits per heavy atom. The predicted molar refractivity (Wildman–Crippen MR) is 61.5 cm³/mol. The molecule has 15 heavy (non-hydrogen) atoms. The molecule has 0 radical (unpaired) electrons. The Balaban J connectivity index is 2.80. The number of thiazole rings is 1. The van der Waals surface area contributed by atoms with E-state index in [1.165, 1.54) is 11.3 Å². The van der Waals surface area contributed by atoms with Gasteiger partial charge in [0.2, 0.25) is 0 Å². The second kappa shape index (κ2) is 3.73. The lowest BCUT2D eigenvalue weighted by atomic mass is 10.1. The summed E-state index contributed by atoms with van der Waals surface area (Å²) in [6, 6.07) is 0. The van der Waals surface area contributed by atoms with E-state index in [1.54, 1.807) is 0 Å². The van der Waals surface area contributed by atoms with Crippen molar-refractivity contribution < 1.29 is 0 Å². The number of nitrogens with zero attached hydrogens (tertiary/aromatic N) is 2. The van der Waals surface area contributed by atoms with Gasteiger partial charge in [-0.15, -0.1) is 11.3 Å². The van der Waals surface area contributed by atoms with Crippen LogP contribution in [-0.2, 0) is 6.42 Å². The van der Waals surface area contributed by atoms with Crippen molar-refractivity contribution in [3.8, 4) is 0 Å². The van der Waals surface area contributed by atoms with E-state index in [-0.39, 0.29) is 11.5 Å². The summed E-state index contributed by atoms with van der Waals surface area (Å²) in [5.41, 5.74) is 1.52. The van der Waals surface area contributed by atoms with Gasteiger partial charge in [-0.25, -0.2) is 10.1 Å². The summed E-state index contributed by atoms with van der Waals surface area (Å²) >= 11 is 1.46. The van der Waals surface area contributed by atoms with Gasteiger partial charge in [0.25, 0.3) is 5.56 Å². The quantitative estimate of drug-likeness (QED) is 0.847. The average Bonchev–Trinajstić information content (AvgIpc) is 2.62. The topological polar surface area (TPSA) is 58.6 Å². The van der Waals surface area contributed by atoms with E-state index in [1.807, 2.05) is 20.8 Å². The van der Waals surface area contributed by atoms with Gasteiger partial charge in [0.1, 0.15) is 10.2 Å². The third kappa shape index (κ3) is 1.67. The van der Waals surface area contributed by atoms with E-state index in [0.717, 1.165) is 22.6 Å². The molecule has 1 N–H and O–H groups in total. The molecule has 2 aromatic heterocycles. The molecule has 0 spiro atoms. The largest absolute Gasteiger partial charge is 0.283 e. The van der Waals surface area contributed by atoms with Crippen LogP contribution in [0, 0.1) is 0 Å². The molecule has 4 nitrogen and oxygen atoms in total. The van der Waals surface area contributed by atoms with Gasteiger partial charge in [-0.2, -0.15) is 5.10 Å². The summed E-state index contributed by atoms with van der Waals surface area (Å²) in [6.45, 7) is 6.13. The second-order valence-corrected chi connectivity index (χ2v) is 4.82. The Morgan fingerprint density at radius 1 is 1.47 bits per heavy atom. The number of H-pyrrole nitrogens is 1. The van der Waals surface area contributed by atoms with E-state index in [0.29, 0.717) is 4.70 Å². The standard InChI is InChI=1S/C10H13N3OS/c1-4-6-11-8-7(5(2)3)12-13-10(14)9(8)15-6/h5H,4H2,1-3H3,(H,13,14). The van der Waals surface area contributed by atoms with Crippen LogP contribution in [-0.4, -0.2) is 15.2 Å². The van der Waals surface area contributed by atoms with Gasteiger partial charge in [0.15, 0.2) is 0 Å². The van der Waals surface area contributed by atoms with Gasteiger partial charge in [-0.1, -0.05) is 20.8 Å². The molecule has 0 amide bonds. The Hall–Kier alpha value is -1.23. The van der Waals surface area contributed by atoms with Crippen molar-refractivity contribution in [1.29, 1.82) is 0 Å². The molecule has 0 bridgehead atoms. The highest BCUT2D eigenvalue weighted by Crippen LogP contribution is 2.24. The number of hydrogen-bond donors (Lipinski definition) is 1. The average molecular weight is 223 g/mol. The van der Waals surface area contributed by atoms with Crippen LogP contribution in [0.1, 0.15) is 37.4 Å². The summed E-state index contributed by atoms with van der Waals surface area (Å²) in [4.78, 5) is 16.0. The molecule has 0 aliphatic heterocycles. The predicted octanol–water partition coefficient (Wildman–Crippen LogP) is 2.07. The van der Waals surface area contributed by atoms with Crippen LogP contribution >= 0.6 is 11.3 Å². The zero-order valence-electron chi connectivity index (χ0n) is 9.00. The maximum absolute atomic E-state index is 11.5. The number of fused-ring (bicyclic) bond motifs is 1. The van der Waals surface area contributed by atoms with E-state index < -0.39 is 0 Å². The van der Waals surface area contributed by atoms with Crippen LogP contribution in [0.15, 0.2) is 4.79 Å². The van der Waals surface area contributed by atoms with Crippen LogP contribution in [0.3, 0.4) is 0 Å². The maximum Gasteiger partial charge on any atom is 0.283 e. The smallest absolute Gasteiger partial charge is 0.266 e. The van der Waals surface area contributed by atoms with Crippen LogP contribution in [0.2, 0.25) is 0 Å². The van der Waals surface area contributed by atoms with E-state index in [4.69, 9.17) is 0 Å². The van der Waals surface area contributed by atoms with Crippen LogP contribution in [0.25, 0.3) is 10.2 Å². The molecule has 0 fully saturated rings. The van der Waals surface area contributed by atoms with Crippen molar-refractivity contribution in [3.63, 3.8) is 0 Å². The van der Waals surface area contributed by atoms with Crippen molar-refractivity contribution in [3.05, 3.63) is 21.1 Å². The Kier molecular flexibility index (Phi) is 2.56. The number of aromatic nitrogens is 3. The first kappa shape index (κ1) is 10.3. The monoisotopic (exact) mass is 223 g/mol. The van der Waals surface area contributed by atoms with Crippen molar-refractivity contribution in [1.82, 2.24) is 15.2 Å². The zero-order chi connectivity index (χ0) is 11.0. The molecule has 0 atom stereocenters. The molecular weight excluding hydrogens is 210 g/mol. The molecule has 80 valence electrons. The molecule has 0 unspecified atom stereocenters. The van der Waals surface area contributed by atoms with E-state index in [2.05, 4.69) is 15.2 Å². The number of hydrogen-bond acceptors (Lipinski definition) is 4. The van der Waals surface area contributed by atoms with Gasteiger partial charge >= 0.3 is 0 Å². The highest BCUT2D eigenvalue weighted by molar-refractivity contribution is 7.18. The third-order valence-corrected chi connectivity index (χ3v) is 3.45. The summed E-state index contributed by atoms with van der Waals surface area (Å²) in [5.74, 6) is 0.274. The minimum atomic E-state index is -0.133. The third-order valence-electron chi connectivity index (χ3n) is 2.25. The molecule has 2 rings (SSSR count). The van der Waals surface area contributed by atoms with E-state index in [9.17, 15) is 4.79 Å². The Labute approximate surface area is 91.4 Å². The number of nitrogens with one attached hydrogen (secondary N) is 1. The lowest BCUT2D eigenvalue weighted by Gasteiger charge is -2.02. The first-order valence-electron chi connectivity index (χ1n) is 5.01. The first-order valence-corrected chi connectivity index (χ1v) is 5.83. The second-order valence-electron chi connectivity index (χ2n) is 3.73. The molecule has 2 heterocycles. The van der Waals surface area contributed by atoms with Gasteiger partial charge in [0, 0.05) is 0 Å². The summed E-state index contributed by atoms with van der Waals surface area (Å²) in [6.07, 6.45) is 0.857. The molecule has 0 aliphatic carbocycles. The van der Waals surface area contributed by atoms with E-state index >= 15 is 0 Å². The normalized spacial score (nSPS) is 11.5. The van der Waals surface area contributed by atoms with Crippen molar-refractivity contribution in [2.45, 2.75) is 33.1 Å². The Morgan fingerprint density at radius 2 is 2.20 bits per heavy atom. The maximum atomic E-state index is 11.5. The zero-order valence-corrected chi connectivity index (χ0v) is 9.81. The van der Waals surface area contributed by atoms with Crippen LogP contribution < -0.4 is 5.56 Å². The molecule has 0 aromatic carbocycles. The van der Waals surface area contributed by atoms with Gasteiger partial charge in [-0.3, -0.25) is 4.79 Å². The minimum absolute atomic E-state index is 0.133. The van der Waals surface area contributed by atoms with Crippen LogP contribution in [0.5, 0.6) is 0 Å². The van der Waals surface area contributed by atoms with Crippen molar-refractivity contribution in [2.75, 3.05) is 0 Å². The van der Waals surface area contributed by atoms with Gasteiger partial charge < -0.3 is 0 Å². The molecule has 2 aromatic rings. The van der Waals surface area contributed by atoms with Crippen molar-refractivity contribution in [2.24, 2.45) is 0 Å². The molecule has 0 saturated heterocycles. The molecule has 0 aliphatic rings. The summed E-state index contributed by atoms with van der Waals surface area (Å²) in [7, 11) is 0.